The molecule has 0 unspecified atom stereocenters. The number of imidazole rings is 1. The summed E-state index contributed by atoms with van der Waals surface area (Å²) >= 11 is 0. The van der Waals surface area contributed by atoms with Gasteiger partial charge in [0.05, 0.1) is 28.1 Å². The first kappa shape index (κ1) is 36.1. The number of aromatic nitrogens is 6. The quantitative estimate of drug-likeness (QED) is 0.145. The fourth-order valence-electron chi connectivity index (χ4n) is 8.59. The van der Waals surface area contributed by atoms with Crippen LogP contribution in [0.5, 0.6) is 0 Å². The minimum absolute atomic E-state index is 0.0362. The molecule has 0 spiro atoms. The summed E-state index contributed by atoms with van der Waals surface area (Å²) in [5.41, 5.74) is 13.0. The maximum Gasteiger partial charge on any atom is 0.247 e. The zero-order valence-corrected chi connectivity index (χ0v) is 33.7. The Morgan fingerprint density at radius 2 is 1.20 bits per heavy atom. The van der Waals surface area contributed by atoms with Crippen LogP contribution in [0.3, 0.4) is 0 Å². The molecule has 0 radical (unpaired) electrons. The molecule has 0 fully saturated rings. The minimum atomic E-state index is -0.247. The smallest absolute Gasteiger partial charge is 0.247 e. The van der Waals surface area contributed by atoms with Crippen LogP contribution >= 0.6 is 0 Å². The normalized spacial score (nSPS) is 11.7. The highest BCUT2D eigenvalue weighted by Gasteiger charge is 2.34. The lowest BCUT2D eigenvalue weighted by molar-refractivity contribution is 0.588. The lowest BCUT2D eigenvalue weighted by Gasteiger charge is -2.21. The summed E-state index contributed by atoms with van der Waals surface area (Å²) in [7, 11) is 2.05. The van der Waals surface area contributed by atoms with Crippen LogP contribution in [0.1, 0.15) is 26.3 Å². The van der Waals surface area contributed by atoms with Gasteiger partial charge in [-0.25, -0.2) is 14.6 Å². The zero-order valence-electron chi connectivity index (χ0n) is 33.7. The van der Waals surface area contributed by atoms with Crippen LogP contribution in [-0.2, 0) is 12.5 Å². The van der Waals surface area contributed by atoms with Crippen molar-refractivity contribution in [1.82, 2.24) is 28.9 Å². The van der Waals surface area contributed by atoms with Crippen molar-refractivity contribution in [3.63, 3.8) is 0 Å². The third kappa shape index (κ3) is 6.45. The molecule has 4 aromatic heterocycles. The molecule has 59 heavy (non-hydrogen) atoms. The molecule has 0 atom stereocenters. The highest BCUT2D eigenvalue weighted by atomic mass is 15.3. The van der Waals surface area contributed by atoms with Gasteiger partial charge in [-0.2, -0.15) is 5.10 Å². The van der Waals surface area contributed by atoms with Crippen molar-refractivity contribution < 1.29 is 0 Å². The van der Waals surface area contributed by atoms with E-state index in [4.69, 9.17) is 15.1 Å². The number of rotatable bonds is 8. The third-order valence-corrected chi connectivity index (χ3v) is 11.5. The molecule has 10 aromatic rings. The van der Waals surface area contributed by atoms with Gasteiger partial charge in [0.1, 0.15) is 11.6 Å². The average Bonchev–Trinajstić information content (AvgIpc) is 3.98. The Morgan fingerprint density at radius 1 is 0.542 bits per heavy atom. The molecule has 284 valence electrons. The highest BCUT2D eigenvalue weighted by Crippen LogP contribution is 2.34. The largest absolute Gasteiger partial charge is 0.334 e. The van der Waals surface area contributed by atoms with Crippen LogP contribution in [0.15, 0.2) is 188 Å². The van der Waals surface area contributed by atoms with E-state index in [0.29, 0.717) is 0 Å². The molecule has 4 heterocycles. The Kier molecular flexibility index (Phi) is 8.94. The fraction of sp³-hybridized carbons (Fsp3) is 0.0962. The number of para-hydroxylation sites is 2. The summed E-state index contributed by atoms with van der Waals surface area (Å²) in [6.45, 7) is 6.51. The van der Waals surface area contributed by atoms with Gasteiger partial charge in [-0.3, -0.25) is 4.57 Å². The maximum absolute atomic E-state index is 5.57. The molecule has 10 rings (SSSR count). The predicted octanol–water partition coefficient (Wildman–Crippen LogP) is 9.91. The van der Waals surface area contributed by atoms with E-state index >= 15 is 0 Å². The Balaban J connectivity index is 1.32. The van der Waals surface area contributed by atoms with E-state index in [0.717, 1.165) is 72.8 Å². The van der Waals surface area contributed by atoms with E-state index in [1.54, 1.807) is 0 Å². The molecule has 0 saturated heterocycles. The van der Waals surface area contributed by atoms with E-state index in [2.05, 4.69) is 204 Å². The molecule has 0 bridgehead atoms. The van der Waals surface area contributed by atoms with Crippen molar-refractivity contribution in [2.75, 3.05) is 0 Å². The lowest BCUT2D eigenvalue weighted by atomic mass is 9.35. The van der Waals surface area contributed by atoms with Gasteiger partial charge in [0, 0.05) is 47.5 Å². The molecule has 0 amide bonds. The topological polar surface area (TPSA) is 53.5 Å². The van der Waals surface area contributed by atoms with E-state index in [9.17, 15) is 0 Å². The second kappa shape index (κ2) is 14.6. The van der Waals surface area contributed by atoms with Crippen LogP contribution < -0.4 is 16.4 Å². The van der Waals surface area contributed by atoms with Crippen LogP contribution in [0.4, 0.5) is 0 Å². The van der Waals surface area contributed by atoms with E-state index < -0.39 is 0 Å². The van der Waals surface area contributed by atoms with Crippen LogP contribution in [-0.4, -0.2) is 35.6 Å². The molecule has 0 aliphatic heterocycles. The molecule has 0 saturated carbocycles. The first-order valence-corrected chi connectivity index (χ1v) is 20.2. The second-order valence-electron chi connectivity index (χ2n) is 16.3. The Labute approximate surface area is 345 Å². The maximum atomic E-state index is 5.57. The van der Waals surface area contributed by atoms with E-state index in [1.807, 2.05) is 25.6 Å². The highest BCUT2D eigenvalue weighted by molar-refractivity contribution is 6.97. The third-order valence-electron chi connectivity index (χ3n) is 11.5. The lowest BCUT2D eigenvalue weighted by Crippen LogP contribution is -2.53. The predicted molar refractivity (Wildman–Crippen MR) is 245 cm³/mol. The Morgan fingerprint density at radius 3 is 1.93 bits per heavy atom. The molecule has 6 aromatic carbocycles. The Hall–Kier alpha value is -7.25. The molecular formula is C52H43BN6. The first-order valence-electron chi connectivity index (χ1n) is 20.2. The average molecular weight is 763 g/mol. The van der Waals surface area contributed by atoms with Crippen molar-refractivity contribution in [2.24, 2.45) is 7.05 Å². The molecule has 0 N–H and O–H groups in total. The summed E-state index contributed by atoms with van der Waals surface area (Å²) in [5.74, 6) is 1.82. The number of benzene rings is 6. The molecule has 0 aliphatic carbocycles. The minimum Gasteiger partial charge on any atom is -0.334 e. The second-order valence-corrected chi connectivity index (χ2v) is 16.3. The van der Waals surface area contributed by atoms with Crippen molar-refractivity contribution in [1.29, 1.82) is 0 Å². The zero-order chi connectivity index (χ0) is 40.1. The first-order chi connectivity index (χ1) is 28.8. The van der Waals surface area contributed by atoms with Crippen LogP contribution in [0, 0.1) is 0 Å². The number of nitrogens with zero attached hydrogens (tertiary/aromatic N) is 6. The summed E-state index contributed by atoms with van der Waals surface area (Å²) in [6.07, 6.45) is 5.81. The van der Waals surface area contributed by atoms with Crippen molar-refractivity contribution in [3.05, 3.63) is 194 Å². The number of hydrogen-bond donors (Lipinski definition) is 0. The fourth-order valence-corrected chi connectivity index (χ4v) is 8.59. The van der Waals surface area contributed by atoms with Crippen LogP contribution in [0.25, 0.3) is 67.2 Å². The molecule has 0 aliphatic rings. The molecule has 6 nitrogen and oxygen atoms in total. The molecular weight excluding hydrogens is 719 g/mol. The van der Waals surface area contributed by atoms with Gasteiger partial charge in [0.25, 0.3) is 0 Å². The van der Waals surface area contributed by atoms with Gasteiger partial charge in [0.2, 0.25) is 6.71 Å². The summed E-state index contributed by atoms with van der Waals surface area (Å²) in [5, 5.41) is 7.94. The van der Waals surface area contributed by atoms with Crippen molar-refractivity contribution in [2.45, 2.75) is 26.2 Å². The van der Waals surface area contributed by atoms with Gasteiger partial charge in [-0.1, -0.05) is 165 Å². The Bertz CT molecular complexity index is 3100. The molecule has 7 heteroatoms. The van der Waals surface area contributed by atoms with E-state index in [-0.39, 0.29) is 12.1 Å². The van der Waals surface area contributed by atoms with Crippen molar-refractivity contribution >= 4 is 44.9 Å². The van der Waals surface area contributed by atoms with Gasteiger partial charge in [-0.05, 0) is 58.4 Å². The summed E-state index contributed by atoms with van der Waals surface area (Å²) < 4.78 is 6.56. The van der Waals surface area contributed by atoms with Gasteiger partial charge in [0.15, 0.2) is 0 Å². The van der Waals surface area contributed by atoms with Crippen molar-refractivity contribution in [3.8, 4) is 45.4 Å². The number of fused-ring (bicyclic) bond motifs is 3. The van der Waals surface area contributed by atoms with Gasteiger partial charge in [-0.15, -0.1) is 0 Å². The summed E-state index contributed by atoms with van der Waals surface area (Å²) in [6, 6.07) is 60.8. The van der Waals surface area contributed by atoms with E-state index in [1.165, 1.54) is 16.3 Å². The number of aryl methyl sites for hydroxylation is 1. The number of hydrogen-bond acceptors (Lipinski definition) is 3. The summed E-state index contributed by atoms with van der Waals surface area (Å²) in [4.78, 5) is 9.80. The number of pyridine rings is 1. The van der Waals surface area contributed by atoms with Crippen LogP contribution in [0.2, 0.25) is 0 Å². The van der Waals surface area contributed by atoms with Gasteiger partial charge < -0.3 is 4.57 Å². The van der Waals surface area contributed by atoms with Gasteiger partial charge >= 0.3 is 0 Å². The standard InChI is InChI=1S/C52H43BN6/c1-52(2,3)39-29-30-54-47(34-39)58-45-26-15-14-25-43(45)44-28-27-41(35-46(44)58)53(40-22-16-21-38(33-40)51-55-31-32-57(51)4)48-49(36-17-8-5-9-18-36)56-59(42-23-12-7-13-24-42)50(48)37-19-10-6-11-20-37/h5-35H,1-4H3. The monoisotopic (exact) mass is 762 g/mol. The SMILES string of the molecule is Cn1ccnc1-c1cccc(B(c2ccc3c4ccccc4n(-c4cc(C(C)(C)C)ccn4)c3c2)c2c(-c3ccccc3)nn(-c3ccccc3)c2-c2ccccc2)c1.